The molecule has 0 heterocycles. The average molecular weight is 395 g/mol. The van der Waals surface area contributed by atoms with E-state index in [-0.39, 0.29) is 34.1 Å². The van der Waals surface area contributed by atoms with E-state index in [4.69, 9.17) is 33.7 Å². The van der Waals surface area contributed by atoms with E-state index >= 15 is 0 Å². The number of nitrogen functional groups attached to an aromatic ring is 1. The topological polar surface area (TPSA) is 81.4 Å². The Morgan fingerprint density at radius 3 is 2.35 bits per heavy atom. The number of esters is 1. The molecule has 0 saturated heterocycles. The Kier molecular flexibility index (Phi) is 6.89. The number of nitrogens with two attached hydrogens (primary N) is 1. The van der Waals surface area contributed by atoms with Crippen LogP contribution < -0.4 is 11.1 Å². The molecule has 0 saturated carbocycles. The van der Waals surface area contributed by atoms with E-state index in [1.807, 2.05) is 0 Å². The van der Waals surface area contributed by atoms with E-state index < -0.39 is 5.91 Å². The summed E-state index contributed by atoms with van der Waals surface area (Å²) in [7, 11) is 0. The van der Waals surface area contributed by atoms with Gasteiger partial charge in [0, 0.05) is 17.8 Å². The molecule has 0 bridgehead atoms. The van der Waals surface area contributed by atoms with Gasteiger partial charge in [-0.05, 0) is 50.1 Å². The van der Waals surface area contributed by atoms with Crippen LogP contribution in [0, 0.1) is 0 Å². The molecule has 2 aromatic rings. The second kappa shape index (κ2) is 8.92. The number of carbonyl (C=O) groups is 2. The molecule has 0 radical (unpaired) electrons. The average Bonchev–Trinajstić information content (AvgIpc) is 2.53. The number of anilines is 2. The molecule has 0 atom stereocenters. The molecule has 2 rings (SSSR count). The van der Waals surface area contributed by atoms with Gasteiger partial charge in [0.2, 0.25) is 0 Å². The fourth-order valence-corrected chi connectivity index (χ4v) is 3.02. The predicted molar refractivity (Wildman–Crippen MR) is 105 cm³/mol. The smallest absolute Gasteiger partial charge is 0.306 e. The number of rotatable bonds is 6. The number of benzene rings is 2. The van der Waals surface area contributed by atoms with Crippen LogP contribution in [0.2, 0.25) is 10.0 Å². The predicted octanol–water partition coefficient (Wildman–Crippen LogP) is 4.71. The summed E-state index contributed by atoms with van der Waals surface area (Å²) in [5, 5.41) is 3.28. The van der Waals surface area contributed by atoms with Crippen molar-refractivity contribution in [3.8, 4) is 0 Å². The van der Waals surface area contributed by atoms with Crippen LogP contribution in [0.5, 0.6) is 0 Å². The number of hydrogen-bond donors (Lipinski definition) is 2. The van der Waals surface area contributed by atoms with Gasteiger partial charge in [-0.15, -0.1) is 0 Å². The van der Waals surface area contributed by atoms with Gasteiger partial charge in [0.05, 0.1) is 21.7 Å². The summed E-state index contributed by atoms with van der Waals surface area (Å²) in [4.78, 5) is 24.4. The molecule has 0 aliphatic rings. The first-order valence-electron chi connectivity index (χ1n) is 8.11. The molecule has 0 unspecified atom stereocenters. The van der Waals surface area contributed by atoms with E-state index in [0.29, 0.717) is 23.4 Å². The van der Waals surface area contributed by atoms with Crippen molar-refractivity contribution in [2.45, 2.75) is 32.8 Å². The van der Waals surface area contributed by atoms with Crippen molar-refractivity contribution in [3.05, 3.63) is 57.6 Å². The zero-order chi connectivity index (χ0) is 19.3. The molecule has 26 heavy (non-hydrogen) atoms. The number of nitrogens with one attached hydrogen (secondary N) is 1. The van der Waals surface area contributed by atoms with Gasteiger partial charge in [0.15, 0.2) is 0 Å². The van der Waals surface area contributed by atoms with Crippen molar-refractivity contribution in [1.29, 1.82) is 0 Å². The van der Waals surface area contributed by atoms with Crippen molar-refractivity contribution in [2.75, 3.05) is 11.1 Å². The third kappa shape index (κ3) is 5.13. The largest absolute Gasteiger partial charge is 0.463 e. The van der Waals surface area contributed by atoms with Gasteiger partial charge in [-0.3, -0.25) is 9.59 Å². The third-order valence-electron chi connectivity index (χ3n) is 3.60. The quantitative estimate of drug-likeness (QED) is 0.548. The van der Waals surface area contributed by atoms with Gasteiger partial charge in [-0.25, -0.2) is 0 Å². The maximum Gasteiger partial charge on any atom is 0.306 e. The number of halogens is 2. The third-order valence-corrected chi connectivity index (χ3v) is 4.23. The lowest BCUT2D eigenvalue weighted by Crippen LogP contribution is -2.16. The molecular formula is C19H20Cl2N2O3. The van der Waals surface area contributed by atoms with Crippen LogP contribution in [0.1, 0.15) is 36.2 Å². The van der Waals surface area contributed by atoms with Crippen LogP contribution in [-0.4, -0.2) is 18.0 Å². The Bertz CT molecular complexity index is 802. The van der Waals surface area contributed by atoms with E-state index in [2.05, 4.69) is 5.32 Å². The van der Waals surface area contributed by atoms with Crippen molar-refractivity contribution < 1.29 is 14.3 Å². The molecule has 138 valence electrons. The van der Waals surface area contributed by atoms with E-state index in [1.54, 1.807) is 50.2 Å². The zero-order valence-corrected chi connectivity index (χ0v) is 16.0. The summed E-state index contributed by atoms with van der Waals surface area (Å²) >= 11 is 12.2. The molecule has 2 aromatic carbocycles. The fourth-order valence-electron chi connectivity index (χ4n) is 2.45. The SMILES string of the molecule is CC(C)OC(=O)CCc1c(N)cccc1NC(=O)c1c(Cl)cccc1Cl. The first kappa shape index (κ1) is 20.1. The molecule has 0 aliphatic carbocycles. The van der Waals surface area contributed by atoms with Crippen LogP contribution >= 0.6 is 23.2 Å². The molecule has 1 amide bonds. The number of carbonyl (C=O) groups excluding carboxylic acids is 2. The normalized spacial score (nSPS) is 10.7. The summed E-state index contributed by atoms with van der Waals surface area (Å²) in [6.45, 7) is 3.57. The molecule has 3 N–H and O–H groups in total. The van der Waals surface area contributed by atoms with Gasteiger partial charge in [0.1, 0.15) is 0 Å². The van der Waals surface area contributed by atoms with Gasteiger partial charge in [-0.1, -0.05) is 35.3 Å². The lowest BCUT2D eigenvalue weighted by molar-refractivity contribution is -0.147. The monoisotopic (exact) mass is 394 g/mol. The van der Waals surface area contributed by atoms with Gasteiger partial charge < -0.3 is 15.8 Å². The van der Waals surface area contributed by atoms with Crippen LogP contribution in [0.3, 0.4) is 0 Å². The number of amides is 1. The van der Waals surface area contributed by atoms with Crippen LogP contribution in [0.4, 0.5) is 11.4 Å². The second-order valence-electron chi connectivity index (χ2n) is 5.96. The Morgan fingerprint density at radius 1 is 1.12 bits per heavy atom. The Morgan fingerprint density at radius 2 is 1.73 bits per heavy atom. The number of ether oxygens (including phenoxy) is 1. The minimum absolute atomic E-state index is 0.155. The maximum atomic E-state index is 12.6. The minimum Gasteiger partial charge on any atom is -0.463 e. The lowest BCUT2D eigenvalue weighted by Gasteiger charge is -2.15. The van der Waals surface area contributed by atoms with Crippen LogP contribution in [-0.2, 0) is 16.0 Å². The first-order chi connectivity index (χ1) is 12.3. The van der Waals surface area contributed by atoms with Crippen molar-refractivity contribution >= 4 is 46.5 Å². The number of hydrogen-bond acceptors (Lipinski definition) is 4. The zero-order valence-electron chi connectivity index (χ0n) is 14.5. The standard InChI is InChI=1S/C19H20Cl2N2O3/c1-11(2)26-17(24)10-9-12-15(22)7-4-8-16(12)23-19(25)18-13(20)5-3-6-14(18)21/h3-8,11H,9-10,22H2,1-2H3,(H,23,25). The highest BCUT2D eigenvalue weighted by molar-refractivity contribution is 6.40. The van der Waals surface area contributed by atoms with Crippen molar-refractivity contribution in [3.63, 3.8) is 0 Å². The molecule has 0 aliphatic heterocycles. The Labute approximate surface area is 162 Å². The summed E-state index contributed by atoms with van der Waals surface area (Å²) in [5.74, 6) is -0.771. The molecule has 0 fully saturated rings. The highest BCUT2D eigenvalue weighted by Gasteiger charge is 2.17. The van der Waals surface area contributed by atoms with E-state index in [1.165, 1.54) is 0 Å². The van der Waals surface area contributed by atoms with Crippen molar-refractivity contribution in [1.82, 2.24) is 0 Å². The van der Waals surface area contributed by atoms with Crippen LogP contribution in [0.15, 0.2) is 36.4 Å². The van der Waals surface area contributed by atoms with E-state index in [0.717, 1.165) is 0 Å². The van der Waals surface area contributed by atoms with Gasteiger partial charge >= 0.3 is 5.97 Å². The summed E-state index contributed by atoms with van der Waals surface area (Å²) in [6, 6.07) is 9.97. The van der Waals surface area contributed by atoms with Crippen molar-refractivity contribution in [2.24, 2.45) is 0 Å². The lowest BCUT2D eigenvalue weighted by atomic mass is 10.0. The molecule has 7 heteroatoms. The summed E-state index contributed by atoms with van der Waals surface area (Å²) < 4.78 is 5.13. The molecule has 5 nitrogen and oxygen atoms in total. The van der Waals surface area contributed by atoms with Gasteiger partial charge in [-0.2, -0.15) is 0 Å². The highest BCUT2D eigenvalue weighted by Crippen LogP contribution is 2.28. The fraction of sp³-hybridized carbons (Fsp3) is 0.263. The van der Waals surface area contributed by atoms with Crippen LogP contribution in [0.25, 0.3) is 0 Å². The minimum atomic E-state index is -0.447. The Hall–Kier alpha value is -2.24. The summed E-state index contributed by atoms with van der Waals surface area (Å²) in [5.41, 5.74) is 7.85. The Balaban J connectivity index is 2.21. The summed E-state index contributed by atoms with van der Waals surface area (Å²) in [6.07, 6.45) is 0.309. The van der Waals surface area contributed by atoms with E-state index in [9.17, 15) is 9.59 Å². The second-order valence-corrected chi connectivity index (χ2v) is 6.78. The molecule has 0 aromatic heterocycles. The maximum absolute atomic E-state index is 12.6. The highest BCUT2D eigenvalue weighted by atomic mass is 35.5. The first-order valence-corrected chi connectivity index (χ1v) is 8.87. The molecular weight excluding hydrogens is 375 g/mol. The molecule has 0 spiro atoms. The van der Waals surface area contributed by atoms with Gasteiger partial charge in [0.25, 0.3) is 5.91 Å².